The zero-order valence-corrected chi connectivity index (χ0v) is 13.9. The van der Waals surface area contributed by atoms with Gasteiger partial charge in [0.05, 0.1) is 16.5 Å². The highest BCUT2D eigenvalue weighted by Crippen LogP contribution is 2.24. The number of thioether (sulfide) groups is 1. The van der Waals surface area contributed by atoms with E-state index in [1.807, 2.05) is 36.6 Å². The Morgan fingerprint density at radius 3 is 3.00 bits per heavy atom. The first-order chi connectivity index (χ1) is 11.1. The maximum absolute atomic E-state index is 12.0. The molecule has 23 heavy (non-hydrogen) atoms. The summed E-state index contributed by atoms with van der Waals surface area (Å²) in [5.74, 6) is 0.307. The molecule has 2 heterocycles. The summed E-state index contributed by atoms with van der Waals surface area (Å²) in [7, 11) is 0. The molecule has 1 aromatic carbocycles. The molecule has 0 saturated heterocycles. The fourth-order valence-electron chi connectivity index (χ4n) is 1.90. The van der Waals surface area contributed by atoms with E-state index in [0.717, 1.165) is 22.0 Å². The van der Waals surface area contributed by atoms with Crippen LogP contribution in [-0.2, 0) is 4.79 Å². The van der Waals surface area contributed by atoms with Crippen LogP contribution in [-0.4, -0.2) is 31.8 Å². The maximum Gasteiger partial charge on any atom is 0.234 e. The molecule has 0 unspecified atom stereocenters. The smallest absolute Gasteiger partial charge is 0.234 e. The highest BCUT2D eigenvalue weighted by Gasteiger charge is 2.08. The summed E-state index contributed by atoms with van der Waals surface area (Å²) in [6, 6.07) is 7.61. The molecule has 0 aliphatic heterocycles. The van der Waals surface area contributed by atoms with E-state index in [-0.39, 0.29) is 17.6 Å². The Hall–Kier alpha value is -2.39. The number of nitrogens with one attached hydrogen (secondary N) is 2. The Morgan fingerprint density at radius 2 is 2.30 bits per heavy atom. The Bertz CT molecular complexity index is 828. The van der Waals surface area contributed by atoms with Crippen molar-refractivity contribution in [2.75, 3.05) is 16.8 Å². The number of hydrogen-bond donors (Lipinski definition) is 3. The van der Waals surface area contributed by atoms with Crippen molar-refractivity contribution in [1.29, 1.82) is 0 Å². The Labute approximate surface area is 140 Å². The van der Waals surface area contributed by atoms with Crippen LogP contribution in [0.5, 0.6) is 0 Å². The molecule has 0 saturated carbocycles. The van der Waals surface area contributed by atoms with E-state index in [9.17, 15) is 4.79 Å². The lowest BCUT2D eigenvalue weighted by Gasteiger charge is -2.05. The summed E-state index contributed by atoms with van der Waals surface area (Å²) in [5, 5.41) is 12.7. The minimum absolute atomic E-state index is 0.134. The number of rotatable bonds is 5. The first-order valence-electron chi connectivity index (χ1n) is 6.73. The van der Waals surface area contributed by atoms with E-state index in [1.54, 1.807) is 11.3 Å². The number of carbonyl (C=O) groups excluding carboxylic acids is 1. The molecule has 7 nitrogen and oxygen atoms in total. The molecule has 0 aliphatic carbocycles. The van der Waals surface area contributed by atoms with Crippen LogP contribution in [0.3, 0.4) is 0 Å². The molecule has 0 spiro atoms. The maximum atomic E-state index is 12.0. The third-order valence-electron chi connectivity index (χ3n) is 2.88. The van der Waals surface area contributed by atoms with Crippen LogP contribution >= 0.6 is 23.1 Å². The van der Waals surface area contributed by atoms with Gasteiger partial charge < -0.3 is 11.1 Å². The molecule has 0 fully saturated rings. The van der Waals surface area contributed by atoms with E-state index in [4.69, 9.17) is 5.73 Å². The van der Waals surface area contributed by atoms with Crippen molar-refractivity contribution in [2.24, 2.45) is 0 Å². The number of H-pyrrole nitrogens is 1. The lowest BCUT2D eigenvalue weighted by Crippen LogP contribution is -2.14. The quantitative estimate of drug-likeness (QED) is 0.613. The number of nitrogens with zero attached hydrogens (tertiary/aromatic N) is 3. The van der Waals surface area contributed by atoms with Gasteiger partial charge >= 0.3 is 0 Å². The lowest BCUT2D eigenvalue weighted by atomic mass is 10.1. The van der Waals surface area contributed by atoms with E-state index in [2.05, 4.69) is 25.5 Å². The van der Waals surface area contributed by atoms with Gasteiger partial charge in [-0.15, -0.1) is 16.4 Å². The van der Waals surface area contributed by atoms with Crippen LogP contribution in [0.1, 0.15) is 5.01 Å². The second kappa shape index (κ2) is 6.80. The Morgan fingerprint density at radius 1 is 1.43 bits per heavy atom. The number of benzene rings is 1. The standard InChI is InChI=1S/C14H14N6OS2/c1-8-16-11(6-22-8)9-3-2-4-10(5-9)17-12(21)7-23-14-18-13(15)19-20-14/h2-6H,7H2,1H3,(H,17,21)(H3,15,18,19,20). The predicted molar refractivity (Wildman–Crippen MR) is 92.4 cm³/mol. The van der Waals surface area contributed by atoms with Crippen LogP contribution in [0.25, 0.3) is 11.3 Å². The van der Waals surface area contributed by atoms with Crippen molar-refractivity contribution in [3.63, 3.8) is 0 Å². The average molecular weight is 346 g/mol. The molecule has 3 aromatic rings. The molecule has 1 amide bonds. The monoisotopic (exact) mass is 346 g/mol. The van der Waals surface area contributed by atoms with Gasteiger partial charge in [0.15, 0.2) is 0 Å². The SMILES string of the molecule is Cc1nc(-c2cccc(NC(=O)CSc3n[nH]c(N)n3)c2)cs1. The van der Waals surface area contributed by atoms with Gasteiger partial charge in [0.25, 0.3) is 0 Å². The number of hydrogen-bond acceptors (Lipinski definition) is 7. The van der Waals surface area contributed by atoms with Gasteiger partial charge in [-0.1, -0.05) is 23.9 Å². The van der Waals surface area contributed by atoms with Crippen LogP contribution in [0.2, 0.25) is 0 Å². The van der Waals surface area contributed by atoms with Crippen LogP contribution in [0.15, 0.2) is 34.8 Å². The molecule has 0 radical (unpaired) electrons. The Balaban J connectivity index is 1.62. The number of nitrogens with two attached hydrogens (primary N) is 1. The largest absolute Gasteiger partial charge is 0.368 e. The number of anilines is 2. The normalized spacial score (nSPS) is 10.7. The summed E-state index contributed by atoms with van der Waals surface area (Å²) in [6.07, 6.45) is 0. The van der Waals surface area contributed by atoms with Gasteiger partial charge in [0.1, 0.15) is 0 Å². The molecular formula is C14H14N6OS2. The lowest BCUT2D eigenvalue weighted by molar-refractivity contribution is -0.113. The number of carbonyl (C=O) groups is 1. The summed E-state index contributed by atoms with van der Waals surface area (Å²) in [4.78, 5) is 20.4. The van der Waals surface area contributed by atoms with Gasteiger partial charge in [-0.05, 0) is 19.1 Å². The van der Waals surface area contributed by atoms with Crippen molar-refractivity contribution in [2.45, 2.75) is 12.1 Å². The van der Waals surface area contributed by atoms with Crippen LogP contribution in [0, 0.1) is 6.92 Å². The van der Waals surface area contributed by atoms with Crippen molar-refractivity contribution in [1.82, 2.24) is 20.2 Å². The van der Waals surface area contributed by atoms with E-state index >= 15 is 0 Å². The van der Waals surface area contributed by atoms with Crippen LogP contribution in [0.4, 0.5) is 11.6 Å². The van der Waals surface area contributed by atoms with Crippen molar-refractivity contribution >= 4 is 40.6 Å². The Kier molecular flexibility index (Phi) is 4.58. The molecule has 4 N–H and O–H groups in total. The molecule has 0 atom stereocenters. The number of thiazole rings is 1. The first kappa shape index (κ1) is 15.5. The molecule has 0 aliphatic rings. The highest BCUT2D eigenvalue weighted by molar-refractivity contribution is 7.99. The number of aryl methyl sites for hydroxylation is 1. The van der Waals surface area contributed by atoms with Crippen molar-refractivity contribution in [3.8, 4) is 11.3 Å². The summed E-state index contributed by atoms with van der Waals surface area (Å²) < 4.78 is 0. The zero-order valence-electron chi connectivity index (χ0n) is 12.2. The third kappa shape index (κ3) is 4.08. The number of aromatic amines is 1. The number of amides is 1. The summed E-state index contributed by atoms with van der Waals surface area (Å²) >= 11 is 2.81. The molecule has 9 heteroatoms. The van der Waals surface area contributed by atoms with Gasteiger partial charge in [0.2, 0.25) is 17.0 Å². The topological polar surface area (TPSA) is 110 Å². The molecule has 118 valence electrons. The number of aromatic nitrogens is 4. The fraction of sp³-hybridized carbons (Fsp3) is 0.143. The van der Waals surface area contributed by atoms with E-state index in [1.165, 1.54) is 11.8 Å². The highest BCUT2D eigenvalue weighted by atomic mass is 32.2. The summed E-state index contributed by atoms with van der Waals surface area (Å²) in [5.41, 5.74) is 8.05. The molecule has 2 aromatic heterocycles. The second-order valence-corrected chi connectivity index (χ2v) is 6.68. The second-order valence-electron chi connectivity index (χ2n) is 4.67. The van der Waals surface area contributed by atoms with Gasteiger partial charge in [-0.3, -0.25) is 4.79 Å². The van der Waals surface area contributed by atoms with E-state index in [0.29, 0.717) is 5.16 Å². The molecule has 3 rings (SSSR count). The average Bonchev–Trinajstić information content (AvgIpc) is 3.14. The van der Waals surface area contributed by atoms with Crippen LogP contribution < -0.4 is 11.1 Å². The van der Waals surface area contributed by atoms with E-state index < -0.39 is 0 Å². The summed E-state index contributed by atoms with van der Waals surface area (Å²) in [6.45, 7) is 1.97. The molecular weight excluding hydrogens is 332 g/mol. The van der Waals surface area contributed by atoms with Gasteiger partial charge in [-0.25, -0.2) is 10.1 Å². The minimum Gasteiger partial charge on any atom is -0.368 e. The fourth-order valence-corrected chi connectivity index (χ4v) is 3.13. The third-order valence-corrected chi connectivity index (χ3v) is 4.50. The first-order valence-corrected chi connectivity index (χ1v) is 8.60. The van der Waals surface area contributed by atoms with Crippen molar-refractivity contribution < 1.29 is 4.79 Å². The zero-order chi connectivity index (χ0) is 16.2. The van der Waals surface area contributed by atoms with Gasteiger partial charge in [-0.2, -0.15) is 4.98 Å². The van der Waals surface area contributed by atoms with Gasteiger partial charge in [0, 0.05) is 16.6 Å². The molecule has 0 bridgehead atoms. The minimum atomic E-state index is -0.134. The number of nitrogen functional groups attached to an aromatic ring is 1. The van der Waals surface area contributed by atoms with Crippen molar-refractivity contribution in [3.05, 3.63) is 34.7 Å². The predicted octanol–water partition coefficient (Wildman–Crippen LogP) is 2.55.